The van der Waals surface area contributed by atoms with E-state index in [0.29, 0.717) is 29.1 Å². The molecule has 2 N–H and O–H groups in total. The predicted octanol–water partition coefficient (Wildman–Crippen LogP) is 2.81. The van der Waals surface area contributed by atoms with E-state index in [0.717, 1.165) is 0 Å². The van der Waals surface area contributed by atoms with Crippen molar-refractivity contribution in [1.82, 2.24) is 14.8 Å². The van der Waals surface area contributed by atoms with Crippen LogP contribution < -0.4 is 5.14 Å². The Labute approximate surface area is 175 Å². The largest absolute Gasteiger partial charge is 0.417 e. The molecule has 0 fully saturated rings. The van der Waals surface area contributed by atoms with Gasteiger partial charge in [-0.05, 0) is 37.1 Å². The van der Waals surface area contributed by atoms with Crippen molar-refractivity contribution < 1.29 is 26.0 Å². The van der Waals surface area contributed by atoms with Crippen LogP contribution in [0.2, 0.25) is 0 Å². The van der Waals surface area contributed by atoms with E-state index in [1.165, 1.54) is 29.1 Å². The lowest BCUT2D eigenvalue weighted by Crippen LogP contribution is -2.12. The molecule has 31 heavy (non-hydrogen) atoms. The Morgan fingerprint density at radius 2 is 1.87 bits per heavy atom. The molecule has 11 heteroatoms. The van der Waals surface area contributed by atoms with E-state index in [2.05, 4.69) is 21.9 Å². The minimum atomic E-state index is -4.67. The zero-order valence-electron chi connectivity index (χ0n) is 16.1. The Bertz CT molecular complexity index is 1290. The number of halogens is 4. The third-order valence-corrected chi connectivity index (χ3v) is 5.32. The quantitative estimate of drug-likeness (QED) is 0.487. The summed E-state index contributed by atoms with van der Waals surface area (Å²) in [6.45, 7) is 0. The number of primary sulfonamides is 1. The molecule has 0 aliphatic heterocycles. The van der Waals surface area contributed by atoms with Gasteiger partial charge < -0.3 is 0 Å². The molecule has 3 rings (SSSR count). The number of aromatic nitrogens is 3. The molecule has 0 bridgehead atoms. The summed E-state index contributed by atoms with van der Waals surface area (Å²) < 4.78 is 76.4. The van der Waals surface area contributed by atoms with Crippen molar-refractivity contribution in [3.8, 4) is 11.8 Å². The monoisotopic (exact) mass is 452 g/mol. The average Bonchev–Trinajstić information content (AvgIpc) is 3.04. The van der Waals surface area contributed by atoms with E-state index < -0.39 is 27.6 Å². The molecule has 0 saturated heterocycles. The number of rotatable bonds is 4. The maximum atomic E-state index is 14.0. The van der Waals surface area contributed by atoms with E-state index in [1.54, 1.807) is 13.1 Å². The van der Waals surface area contributed by atoms with E-state index in [1.807, 2.05) is 0 Å². The number of benzene rings is 1. The fourth-order valence-corrected chi connectivity index (χ4v) is 3.36. The summed E-state index contributed by atoms with van der Waals surface area (Å²) >= 11 is 0. The highest BCUT2D eigenvalue weighted by molar-refractivity contribution is 7.89. The Morgan fingerprint density at radius 1 is 1.13 bits per heavy atom. The van der Waals surface area contributed by atoms with Crippen molar-refractivity contribution >= 4 is 10.0 Å². The molecule has 162 valence electrons. The second kappa shape index (κ2) is 8.49. The zero-order chi connectivity index (χ0) is 22.8. The van der Waals surface area contributed by atoms with E-state index >= 15 is 0 Å². The molecule has 1 aromatic carbocycles. The molecule has 6 nitrogen and oxygen atoms in total. The maximum Gasteiger partial charge on any atom is 0.417 e. The van der Waals surface area contributed by atoms with Crippen LogP contribution in [0.1, 0.15) is 28.1 Å². The van der Waals surface area contributed by atoms with Gasteiger partial charge in [0.25, 0.3) is 0 Å². The van der Waals surface area contributed by atoms with Crippen LogP contribution in [0.4, 0.5) is 17.6 Å². The van der Waals surface area contributed by atoms with Crippen LogP contribution in [0.3, 0.4) is 0 Å². The Balaban J connectivity index is 1.81. The van der Waals surface area contributed by atoms with Crippen molar-refractivity contribution in [2.24, 2.45) is 12.2 Å². The number of nitrogens with zero attached hydrogens (tertiary/aromatic N) is 3. The number of pyridine rings is 1. The predicted molar refractivity (Wildman–Crippen MR) is 104 cm³/mol. The highest BCUT2D eigenvalue weighted by Crippen LogP contribution is 2.29. The molecule has 0 aliphatic carbocycles. The number of alkyl halides is 3. The lowest BCUT2D eigenvalue weighted by atomic mass is 10.1. The molecule has 0 aliphatic rings. The standard InChI is InChI=1S/C20H16F4N4O2S/c1-28-19(8-7-18-17(21)10-15(12-26-18)20(22,23)24)14(11-27-28)6-5-13-3-2-4-16(9-13)31(25,29)30/h2-4,9-12H,7-8H2,1H3,(H2,25,29,30). The molecule has 0 amide bonds. The number of sulfonamides is 1. The van der Waals surface area contributed by atoms with Gasteiger partial charge in [-0.3, -0.25) is 9.67 Å². The highest BCUT2D eigenvalue weighted by Gasteiger charge is 2.31. The fourth-order valence-electron chi connectivity index (χ4n) is 2.80. The smallest absolute Gasteiger partial charge is 0.271 e. The summed E-state index contributed by atoms with van der Waals surface area (Å²) in [5, 5.41) is 9.21. The summed E-state index contributed by atoms with van der Waals surface area (Å²) in [5.74, 6) is 4.66. The van der Waals surface area contributed by atoms with Gasteiger partial charge in [0.05, 0.1) is 33.6 Å². The molecule has 0 atom stereocenters. The highest BCUT2D eigenvalue weighted by atomic mass is 32.2. The molecule has 0 saturated carbocycles. The van der Waals surface area contributed by atoms with Crippen LogP contribution in [0.15, 0.2) is 47.6 Å². The molecular formula is C20H16F4N4O2S. The second-order valence-electron chi connectivity index (χ2n) is 6.60. The van der Waals surface area contributed by atoms with Crippen LogP contribution in [-0.4, -0.2) is 23.2 Å². The zero-order valence-corrected chi connectivity index (χ0v) is 16.9. The third-order valence-electron chi connectivity index (χ3n) is 4.41. The van der Waals surface area contributed by atoms with Crippen molar-refractivity contribution in [3.63, 3.8) is 0 Å². The normalized spacial score (nSPS) is 11.8. The SMILES string of the molecule is Cn1ncc(C#Cc2cccc(S(N)(=O)=O)c2)c1CCc1ncc(C(F)(F)F)cc1F. The molecule has 3 aromatic rings. The van der Waals surface area contributed by atoms with Gasteiger partial charge in [0, 0.05) is 18.8 Å². The van der Waals surface area contributed by atoms with Gasteiger partial charge in [-0.1, -0.05) is 17.9 Å². The van der Waals surface area contributed by atoms with Gasteiger partial charge in [0.1, 0.15) is 5.82 Å². The molecular weight excluding hydrogens is 436 g/mol. The first-order valence-electron chi connectivity index (χ1n) is 8.82. The molecule has 0 spiro atoms. The fraction of sp³-hybridized carbons (Fsp3) is 0.200. The van der Waals surface area contributed by atoms with E-state index in [9.17, 15) is 26.0 Å². The average molecular weight is 452 g/mol. The number of aryl methyl sites for hydroxylation is 2. The summed E-state index contributed by atoms with van der Waals surface area (Å²) in [6.07, 6.45) is -2.31. The van der Waals surface area contributed by atoms with Crippen molar-refractivity contribution in [3.05, 3.63) is 76.6 Å². The first-order valence-corrected chi connectivity index (χ1v) is 10.4. The molecule has 0 radical (unpaired) electrons. The molecule has 2 heterocycles. The Morgan fingerprint density at radius 3 is 2.52 bits per heavy atom. The maximum absolute atomic E-state index is 14.0. The lowest BCUT2D eigenvalue weighted by Gasteiger charge is -2.08. The minimum Gasteiger partial charge on any atom is -0.271 e. The van der Waals surface area contributed by atoms with Crippen LogP contribution >= 0.6 is 0 Å². The number of hydrogen-bond donors (Lipinski definition) is 1. The Hall–Kier alpha value is -3.23. The summed E-state index contributed by atoms with van der Waals surface area (Å²) in [7, 11) is -2.21. The van der Waals surface area contributed by atoms with Gasteiger partial charge in [0.2, 0.25) is 10.0 Å². The van der Waals surface area contributed by atoms with Gasteiger partial charge in [0.15, 0.2) is 0 Å². The van der Waals surface area contributed by atoms with Crippen LogP contribution in [0.25, 0.3) is 0 Å². The van der Waals surface area contributed by atoms with Crippen LogP contribution in [0, 0.1) is 17.7 Å². The van der Waals surface area contributed by atoms with Crippen LogP contribution in [-0.2, 0) is 36.1 Å². The van der Waals surface area contributed by atoms with E-state index in [-0.39, 0.29) is 23.4 Å². The van der Waals surface area contributed by atoms with Crippen molar-refractivity contribution in [1.29, 1.82) is 0 Å². The summed E-state index contributed by atoms with van der Waals surface area (Å²) in [4.78, 5) is 3.53. The first kappa shape index (κ1) is 22.5. The van der Waals surface area contributed by atoms with Crippen LogP contribution in [0.5, 0.6) is 0 Å². The Kier molecular flexibility index (Phi) is 6.15. The number of hydrogen-bond acceptors (Lipinski definition) is 4. The first-order chi connectivity index (χ1) is 14.4. The summed E-state index contributed by atoms with van der Waals surface area (Å²) in [5.41, 5.74) is 0.292. The second-order valence-corrected chi connectivity index (χ2v) is 8.16. The molecule has 0 unspecified atom stereocenters. The topological polar surface area (TPSA) is 90.9 Å². The van der Waals surface area contributed by atoms with Crippen molar-refractivity contribution in [2.45, 2.75) is 23.9 Å². The molecule has 2 aromatic heterocycles. The van der Waals surface area contributed by atoms with Gasteiger partial charge >= 0.3 is 6.18 Å². The van der Waals surface area contributed by atoms with Gasteiger partial charge in [-0.2, -0.15) is 18.3 Å². The van der Waals surface area contributed by atoms with Gasteiger partial charge in [-0.25, -0.2) is 17.9 Å². The van der Waals surface area contributed by atoms with Crippen molar-refractivity contribution in [2.75, 3.05) is 0 Å². The number of nitrogens with two attached hydrogens (primary N) is 1. The summed E-state index contributed by atoms with van der Waals surface area (Å²) in [6, 6.07) is 6.22. The minimum absolute atomic E-state index is 0.0408. The van der Waals surface area contributed by atoms with Gasteiger partial charge in [-0.15, -0.1) is 0 Å². The third kappa shape index (κ3) is 5.48. The van der Waals surface area contributed by atoms with E-state index in [4.69, 9.17) is 5.14 Å². The lowest BCUT2D eigenvalue weighted by molar-refractivity contribution is -0.138.